The average molecular weight is 422 g/mol. The predicted octanol–water partition coefficient (Wildman–Crippen LogP) is 1.11. The summed E-state index contributed by atoms with van der Waals surface area (Å²) in [4.78, 5) is 47.4. The zero-order chi connectivity index (χ0) is 22.0. The zero-order valence-electron chi connectivity index (χ0n) is 16.7. The molecule has 0 aromatic heterocycles. The Hall–Kier alpha value is -3.21. The van der Waals surface area contributed by atoms with Crippen LogP contribution in [-0.2, 0) is 39.8 Å². The molecule has 0 aliphatic carbocycles. The summed E-state index contributed by atoms with van der Waals surface area (Å²) >= 11 is 0. The SMILES string of the molecule is CC(=O)O[C@@H]1[C@H](OC(C)=O)[C@H](OC(C)=O)CO[C@H]1N1CCc2ccc([N+](=O)[O-])cc21. The number of carbonyl (C=O) groups is 3. The van der Waals surface area contributed by atoms with Gasteiger partial charge in [0.25, 0.3) is 5.69 Å². The maximum absolute atomic E-state index is 11.8. The Morgan fingerprint density at radius 2 is 1.70 bits per heavy atom. The van der Waals surface area contributed by atoms with Gasteiger partial charge in [-0.3, -0.25) is 24.5 Å². The van der Waals surface area contributed by atoms with Crippen molar-refractivity contribution in [1.29, 1.82) is 0 Å². The van der Waals surface area contributed by atoms with Crippen molar-refractivity contribution in [2.75, 3.05) is 18.1 Å². The Labute approximate surface area is 172 Å². The number of non-ortho nitro benzene ring substituents is 1. The van der Waals surface area contributed by atoms with Crippen LogP contribution < -0.4 is 4.90 Å². The summed E-state index contributed by atoms with van der Waals surface area (Å²) in [6, 6.07) is 4.52. The molecule has 30 heavy (non-hydrogen) atoms. The summed E-state index contributed by atoms with van der Waals surface area (Å²) in [6.45, 7) is 3.92. The number of hydrogen-bond acceptors (Lipinski definition) is 10. The molecular formula is C19H22N2O9. The van der Waals surface area contributed by atoms with Crippen molar-refractivity contribution in [2.24, 2.45) is 0 Å². The smallest absolute Gasteiger partial charge is 0.303 e. The maximum Gasteiger partial charge on any atom is 0.303 e. The van der Waals surface area contributed by atoms with Gasteiger partial charge in [0.15, 0.2) is 24.5 Å². The van der Waals surface area contributed by atoms with Crippen LogP contribution >= 0.6 is 0 Å². The van der Waals surface area contributed by atoms with Gasteiger partial charge in [0, 0.05) is 45.1 Å². The number of benzene rings is 1. The van der Waals surface area contributed by atoms with Crippen LogP contribution in [0, 0.1) is 10.1 Å². The first kappa shape index (κ1) is 21.5. The zero-order valence-corrected chi connectivity index (χ0v) is 16.7. The third kappa shape index (κ3) is 4.51. The van der Waals surface area contributed by atoms with Gasteiger partial charge in [0.1, 0.15) is 0 Å². The molecule has 0 radical (unpaired) electrons. The van der Waals surface area contributed by atoms with Crippen LogP contribution in [0.25, 0.3) is 0 Å². The average Bonchev–Trinajstić information content (AvgIpc) is 3.06. The van der Waals surface area contributed by atoms with Crippen LogP contribution in [0.3, 0.4) is 0 Å². The molecule has 162 valence electrons. The number of anilines is 1. The number of nitro benzene ring substituents is 1. The van der Waals surface area contributed by atoms with Crippen LogP contribution in [0.1, 0.15) is 26.3 Å². The van der Waals surface area contributed by atoms with E-state index in [4.69, 9.17) is 18.9 Å². The molecule has 3 rings (SSSR count). The monoisotopic (exact) mass is 422 g/mol. The Morgan fingerprint density at radius 1 is 1.07 bits per heavy atom. The molecule has 1 fully saturated rings. The largest absolute Gasteiger partial charge is 0.456 e. The number of fused-ring (bicyclic) bond motifs is 1. The predicted molar refractivity (Wildman–Crippen MR) is 101 cm³/mol. The van der Waals surface area contributed by atoms with Gasteiger partial charge in [-0.15, -0.1) is 0 Å². The molecule has 0 unspecified atom stereocenters. The van der Waals surface area contributed by atoms with Crippen LogP contribution in [-0.4, -0.2) is 60.5 Å². The molecule has 0 saturated carbocycles. The van der Waals surface area contributed by atoms with Crippen LogP contribution in [0.5, 0.6) is 0 Å². The van der Waals surface area contributed by atoms with E-state index < -0.39 is 47.4 Å². The quantitative estimate of drug-likeness (QED) is 0.294. The van der Waals surface area contributed by atoms with E-state index in [1.165, 1.54) is 32.9 Å². The number of nitrogens with zero attached hydrogens (tertiary/aromatic N) is 2. The number of nitro groups is 1. The van der Waals surface area contributed by atoms with Crippen LogP contribution in [0.15, 0.2) is 18.2 Å². The molecule has 11 nitrogen and oxygen atoms in total. The highest BCUT2D eigenvalue weighted by molar-refractivity contribution is 5.69. The Kier molecular flexibility index (Phi) is 6.20. The maximum atomic E-state index is 11.8. The number of rotatable bonds is 5. The minimum atomic E-state index is -1.12. The van der Waals surface area contributed by atoms with Gasteiger partial charge in [-0.05, 0) is 12.0 Å². The fourth-order valence-electron chi connectivity index (χ4n) is 3.76. The lowest BCUT2D eigenvalue weighted by Crippen LogP contribution is -2.62. The van der Waals surface area contributed by atoms with E-state index in [2.05, 4.69) is 0 Å². The normalized spacial score (nSPS) is 25.2. The Morgan fingerprint density at radius 3 is 2.30 bits per heavy atom. The topological polar surface area (TPSA) is 135 Å². The second-order valence-corrected chi connectivity index (χ2v) is 7.03. The van der Waals surface area contributed by atoms with Gasteiger partial charge in [-0.25, -0.2) is 0 Å². The van der Waals surface area contributed by atoms with E-state index in [-0.39, 0.29) is 12.3 Å². The Bertz CT molecular complexity index is 872. The molecule has 1 aromatic carbocycles. The van der Waals surface area contributed by atoms with Crippen molar-refractivity contribution in [2.45, 2.75) is 51.7 Å². The van der Waals surface area contributed by atoms with Gasteiger partial charge in [-0.2, -0.15) is 0 Å². The van der Waals surface area contributed by atoms with E-state index >= 15 is 0 Å². The summed E-state index contributed by atoms with van der Waals surface area (Å²) in [5.74, 6) is -1.90. The van der Waals surface area contributed by atoms with Crippen molar-refractivity contribution in [3.63, 3.8) is 0 Å². The molecule has 0 amide bonds. The third-order valence-electron chi connectivity index (χ3n) is 4.84. The number of hydrogen-bond donors (Lipinski definition) is 0. The van der Waals surface area contributed by atoms with Crippen molar-refractivity contribution >= 4 is 29.3 Å². The van der Waals surface area contributed by atoms with Crippen molar-refractivity contribution in [3.05, 3.63) is 33.9 Å². The standard InChI is InChI=1S/C19H22N2O9/c1-10(22)28-16-9-27-19(18(30-12(3)24)17(16)29-11(2)23)20-7-6-13-4-5-14(21(25)26)8-15(13)20/h4-5,8,16-19H,6-7,9H2,1-3H3/t16-,17-,18-,19-/m1/s1. The van der Waals surface area contributed by atoms with Gasteiger partial charge in [-0.1, -0.05) is 6.07 Å². The summed E-state index contributed by atoms with van der Waals surface area (Å²) in [7, 11) is 0. The van der Waals surface area contributed by atoms with Crippen LogP contribution in [0.4, 0.5) is 11.4 Å². The second kappa shape index (κ2) is 8.66. The first-order valence-electron chi connectivity index (χ1n) is 9.34. The molecule has 11 heteroatoms. The van der Waals surface area contributed by atoms with E-state index in [0.29, 0.717) is 18.7 Å². The molecule has 1 aromatic rings. The lowest BCUT2D eigenvalue weighted by Gasteiger charge is -2.44. The van der Waals surface area contributed by atoms with E-state index in [1.54, 1.807) is 11.0 Å². The highest BCUT2D eigenvalue weighted by Crippen LogP contribution is 2.37. The van der Waals surface area contributed by atoms with Crippen molar-refractivity contribution in [3.8, 4) is 0 Å². The van der Waals surface area contributed by atoms with Crippen molar-refractivity contribution < 1.29 is 38.3 Å². The second-order valence-electron chi connectivity index (χ2n) is 7.03. The summed E-state index contributed by atoms with van der Waals surface area (Å²) in [5.41, 5.74) is 1.35. The molecule has 2 heterocycles. The third-order valence-corrected chi connectivity index (χ3v) is 4.84. The molecule has 0 N–H and O–H groups in total. The molecule has 1 saturated heterocycles. The van der Waals surface area contributed by atoms with Crippen LogP contribution in [0.2, 0.25) is 0 Å². The summed E-state index contributed by atoms with van der Waals surface area (Å²) in [6.07, 6.45) is -3.48. The van der Waals surface area contributed by atoms with Gasteiger partial charge < -0.3 is 23.8 Å². The van der Waals surface area contributed by atoms with E-state index in [9.17, 15) is 24.5 Å². The molecule has 2 aliphatic heterocycles. The number of esters is 3. The number of carbonyl (C=O) groups excluding carboxylic acids is 3. The van der Waals surface area contributed by atoms with Gasteiger partial charge >= 0.3 is 17.9 Å². The van der Waals surface area contributed by atoms with E-state index in [0.717, 1.165) is 5.56 Å². The van der Waals surface area contributed by atoms with Gasteiger partial charge in [0.2, 0.25) is 0 Å². The molecule has 0 bridgehead atoms. The highest BCUT2D eigenvalue weighted by atomic mass is 16.6. The van der Waals surface area contributed by atoms with Crippen molar-refractivity contribution in [1.82, 2.24) is 0 Å². The minimum Gasteiger partial charge on any atom is -0.456 e. The highest BCUT2D eigenvalue weighted by Gasteiger charge is 2.50. The summed E-state index contributed by atoms with van der Waals surface area (Å²) < 4.78 is 21.9. The lowest BCUT2D eigenvalue weighted by atomic mass is 10.0. The van der Waals surface area contributed by atoms with E-state index in [1.807, 2.05) is 0 Å². The first-order chi connectivity index (χ1) is 14.2. The summed E-state index contributed by atoms with van der Waals surface area (Å²) in [5, 5.41) is 11.2. The number of ether oxygens (including phenoxy) is 4. The lowest BCUT2D eigenvalue weighted by molar-refractivity contribution is -0.384. The molecule has 2 aliphatic rings. The first-order valence-corrected chi connectivity index (χ1v) is 9.34. The fourth-order valence-corrected chi connectivity index (χ4v) is 3.76. The Balaban J connectivity index is 1.97. The molecular weight excluding hydrogens is 400 g/mol. The minimum absolute atomic E-state index is 0.0881. The molecule has 0 spiro atoms. The molecule has 4 atom stereocenters. The fraction of sp³-hybridized carbons (Fsp3) is 0.526. The van der Waals surface area contributed by atoms with Gasteiger partial charge in [0.05, 0.1) is 11.5 Å².